The Bertz CT molecular complexity index is 1560. The molecule has 0 radical (unpaired) electrons. The number of nitrogens with zero attached hydrogens (tertiary/aromatic N) is 3. The van der Waals surface area contributed by atoms with Crippen LogP contribution >= 0.6 is 0 Å². The lowest BCUT2D eigenvalue weighted by Crippen LogP contribution is -2.05. The van der Waals surface area contributed by atoms with Crippen LogP contribution in [0.3, 0.4) is 0 Å². The highest BCUT2D eigenvalue weighted by Gasteiger charge is 2.15. The van der Waals surface area contributed by atoms with Crippen molar-refractivity contribution in [2.45, 2.75) is 39.8 Å². The van der Waals surface area contributed by atoms with Gasteiger partial charge in [0, 0.05) is 23.7 Å². The second kappa shape index (κ2) is 12.4. The zero-order chi connectivity index (χ0) is 27.9. The molecule has 0 amide bonds. The number of hydrogen-bond donors (Lipinski definition) is 0. The van der Waals surface area contributed by atoms with E-state index in [1.807, 2.05) is 72.4 Å². The van der Waals surface area contributed by atoms with E-state index in [1.165, 1.54) is 12.1 Å². The van der Waals surface area contributed by atoms with Crippen LogP contribution in [0.25, 0.3) is 22.7 Å². The molecule has 2 aromatic heterocycles. The summed E-state index contributed by atoms with van der Waals surface area (Å²) >= 11 is 0. The predicted octanol–water partition coefficient (Wildman–Crippen LogP) is 6.78. The molecule has 0 fully saturated rings. The third-order valence-corrected chi connectivity index (χ3v) is 6.42. The maximum Gasteiger partial charge on any atom is 0.306 e. The topological polar surface area (TPSA) is 79.4 Å². The van der Waals surface area contributed by atoms with Gasteiger partial charge in [-0.2, -0.15) is 5.10 Å². The summed E-state index contributed by atoms with van der Waals surface area (Å²) in [5, 5.41) is 4.76. The van der Waals surface area contributed by atoms with Crippen LogP contribution in [0.15, 0.2) is 89.5 Å². The number of ether oxygens (including phenoxy) is 2. The van der Waals surface area contributed by atoms with Gasteiger partial charge in [0.2, 0.25) is 5.89 Å². The molecular formula is C32H30FN3O4. The number of aryl methyl sites for hydroxylation is 2. The number of carbonyl (C=O) groups excluding carboxylic acids is 1. The van der Waals surface area contributed by atoms with Crippen molar-refractivity contribution < 1.29 is 23.1 Å². The molecule has 0 aliphatic carbocycles. The average Bonchev–Trinajstić information content (AvgIpc) is 3.55. The van der Waals surface area contributed by atoms with Gasteiger partial charge in [0.25, 0.3) is 0 Å². The number of benzene rings is 3. The van der Waals surface area contributed by atoms with Crippen molar-refractivity contribution in [3.05, 3.63) is 113 Å². The smallest absolute Gasteiger partial charge is 0.306 e. The molecule has 5 aromatic rings. The van der Waals surface area contributed by atoms with Gasteiger partial charge in [-0.15, -0.1) is 0 Å². The van der Waals surface area contributed by atoms with Crippen LogP contribution in [0, 0.1) is 12.7 Å². The van der Waals surface area contributed by atoms with Crippen molar-refractivity contribution >= 4 is 5.97 Å². The molecule has 0 bridgehead atoms. The Morgan fingerprint density at radius 1 is 0.975 bits per heavy atom. The Balaban J connectivity index is 1.25. The highest BCUT2D eigenvalue weighted by Crippen LogP contribution is 2.25. The fraction of sp³-hybridized carbons (Fsp3) is 0.219. The van der Waals surface area contributed by atoms with Crippen molar-refractivity contribution in [3.8, 4) is 28.5 Å². The van der Waals surface area contributed by atoms with Crippen LogP contribution in [0.4, 0.5) is 4.39 Å². The molecule has 2 heterocycles. The lowest BCUT2D eigenvalue weighted by Gasteiger charge is -2.07. The first-order valence-electron chi connectivity index (χ1n) is 13.2. The number of esters is 1. The number of rotatable bonds is 11. The van der Waals surface area contributed by atoms with Crippen LogP contribution in [0.1, 0.15) is 35.9 Å². The first kappa shape index (κ1) is 26.9. The van der Waals surface area contributed by atoms with Crippen molar-refractivity contribution in [1.29, 1.82) is 0 Å². The third kappa shape index (κ3) is 6.64. The molecule has 0 atom stereocenters. The van der Waals surface area contributed by atoms with Crippen LogP contribution < -0.4 is 4.74 Å². The largest absolute Gasteiger partial charge is 0.487 e. The van der Waals surface area contributed by atoms with Crippen molar-refractivity contribution in [1.82, 2.24) is 14.8 Å². The third-order valence-electron chi connectivity index (χ3n) is 6.42. The highest BCUT2D eigenvalue weighted by molar-refractivity contribution is 5.71. The van der Waals surface area contributed by atoms with Crippen LogP contribution in [0.2, 0.25) is 0 Å². The standard InChI is InChI=1S/C32H30FN3O4/c1-3-38-30(37)18-13-26-20-36(35-31(26)24-11-14-27(33)15-12-24)19-23-9-16-28(17-10-23)39-21-29-22(2)40-32(34-29)25-7-5-4-6-8-25/h4-12,14-17,20H,3,13,18-19,21H2,1-2H3. The van der Waals surface area contributed by atoms with Crippen LogP contribution in [-0.4, -0.2) is 27.3 Å². The molecule has 0 spiro atoms. The molecule has 3 aromatic carbocycles. The average molecular weight is 540 g/mol. The van der Waals surface area contributed by atoms with E-state index >= 15 is 0 Å². The zero-order valence-corrected chi connectivity index (χ0v) is 22.5. The van der Waals surface area contributed by atoms with E-state index in [-0.39, 0.29) is 18.2 Å². The van der Waals surface area contributed by atoms with E-state index in [1.54, 1.807) is 19.1 Å². The first-order chi connectivity index (χ1) is 19.5. The maximum absolute atomic E-state index is 13.5. The molecule has 0 unspecified atom stereocenters. The fourth-order valence-electron chi connectivity index (χ4n) is 4.34. The number of carbonyl (C=O) groups is 1. The first-order valence-corrected chi connectivity index (χ1v) is 13.2. The molecule has 0 saturated carbocycles. The Morgan fingerprint density at radius 3 is 2.45 bits per heavy atom. The summed E-state index contributed by atoms with van der Waals surface area (Å²) < 4.78 is 32.2. The highest BCUT2D eigenvalue weighted by atomic mass is 19.1. The van der Waals surface area contributed by atoms with Gasteiger partial charge in [-0.05, 0) is 79.9 Å². The van der Waals surface area contributed by atoms with Crippen LogP contribution in [0.5, 0.6) is 5.75 Å². The van der Waals surface area contributed by atoms with Gasteiger partial charge < -0.3 is 13.9 Å². The van der Waals surface area contributed by atoms with Gasteiger partial charge in [0.05, 0.1) is 18.8 Å². The second-order valence-corrected chi connectivity index (χ2v) is 9.33. The van der Waals surface area contributed by atoms with E-state index < -0.39 is 0 Å². The van der Waals surface area contributed by atoms with E-state index in [9.17, 15) is 9.18 Å². The predicted molar refractivity (Wildman–Crippen MR) is 149 cm³/mol. The Morgan fingerprint density at radius 2 is 1.73 bits per heavy atom. The van der Waals surface area contributed by atoms with Crippen molar-refractivity contribution in [2.75, 3.05) is 6.61 Å². The number of hydrogen-bond acceptors (Lipinski definition) is 6. The molecule has 7 nitrogen and oxygen atoms in total. The summed E-state index contributed by atoms with van der Waals surface area (Å²) in [4.78, 5) is 16.5. The normalized spacial score (nSPS) is 11.0. The van der Waals surface area contributed by atoms with Gasteiger partial charge in [-0.1, -0.05) is 30.3 Å². The van der Waals surface area contributed by atoms with Gasteiger partial charge in [0.15, 0.2) is 0 Å². The monoisotopic (exact) mass is 539 g/mol. The molecule has 5 rings (SSSR count). The number of aromatic nitrogens is 3. The summed E-state index contributed by atoms with van der Waals surface area (Å²) in [6, 6.07) is 23.8. The molecule has 0 aliphatic rings. The zero-order valence-electron chi connectivity index (χ0n) is 22.5. The molecule has 40 heavy (non-hydrogen) atoms. The van der Waals surface area contributed by atoms with Crippen LogP contribution in [-0.2, 0) is 29.1 Å². The Labute approximate surface area is 232 Å². The van der Waals surface area contributed by atoms with Crippen molar-refractivity contribution in [3.63, 3.8) is 0 Å². The molecule has 8 heteroatoms. The molecule has 0 saturated heterocycles. The second-order valence-electron chi connectivity index (χ2n) is 9.33. The molecule has 204 valence electrons. The fourth-order valence-corrected chi connectivity index (χ4v) is 4.34. The van der Waals surface area contributed by atoms with Crippen molar-refractivity contribution in [2.24, 2.45) is 0 Å². The molecule has 0 N–H and O–H groups in total. The quantitative estimate of drug-likeness (QED) is 0.172. The minimum Gasteiger partial charge on any atom is -0.487 e. The van der Waals surface area contributed by atoms with Gasteiger partial charge in [-0.3, -0.25) is 9.48 Å². The lowest BCUT2D eigenvalue weighted by atomic mass is 10.0. The summed E-state index contributed by atoms with van der Waals surface area (Å²) in [6.07, 6.45) is 2.66. The summed E-state index contributed by atoms with van der Waals surface area (Å²) in [5.41, 5.74) is 5.12. The minimum atomic E-state index is -0.311. The summed E-state index contributed by atoms with van der Waals surface area (Å²) in [6.45, 7) is 4.83. The Kier molecular flexibility index (Phi) is 8.35. The van der Waals surface area contributed by atoms with E-state index in [0.29, 0.717) is 32.1 Å². The minimum absolute atomic E-state index is 0.248. The molecular weight excluding hydrogens is 509 g/mol. The summed E-state index contributed by atoms with van der Waals surface area (Å²) in [7, 11) is 0. The molecule has 0 aliphatic heterocycles. The maximum atomic E-state index is 13.5. The number of halogens is 1. The number of oxazole rings is 1. The summed E-state index contributed by atoms with van der Waals surface area (Å²) in [5.74, 6) is 1.45. The van der Waals surface area contributed by atoms with Gasteiger partial charge in [0.1, 0.15) is 29.6 Å². The van der Waals surface area contributed by atoms with E-state index in [4.69, 9.17) is 19.0 Å². The van der Waals surface area contributed by atoms with E-state index in [0.717, 1.165) is 45.2 Å². The van der Waals surface area contributed by atoms with Gasteiger partial charge in [-0.25, -0.2) is 9.37 Å². The van der Waals surface area contributed by atoms with E-state index in [2.05, 4.69) is 4.98 Å². The lowest BCUT2D eigenvalue weighted by molar-refractivity contribution is -0.143. The van der Waals surface area contributed by atoms with Gasteiger partial charge >= 0.3 is 5.97 Å². The SMILES string of the molecule is CCOC(=O)CCc1cn(Cc2ccc(OCc3nc(-c4ccccc4)oc3C)cc2)nc1-c1ccc(F)cc1. The Hall–Kier alpha value is -4.72.